The molecule has 132 valence electrons. The van der Waals surface area contributed by atoms with Gasteiger partial charge >= 0.3 is 0 Å². The summed E-state index contributed by atoms with van der Waals surface area (Å²) in [4.78, 5) is 16.8. The molecule has 5 nitrogen and oxygen atoms in total. The van der Waals surface area contributed by atoms with E-state index in [2.05, 4.69) is 17.0 Å². The lowest BCUT2D eigenvalue weighted by Gasteiger charge is -2.35. The van der Waals surface area contributed by atoms with Gasteiger partial charge in [0.05, 0.1) is 7.11 Å². The first kappa shape index (κ1) is 17.2. The van der Waals surface area contributed by atoms with Crippen molar-refractivity contribution in [2.75, 3.05) is 46.4 Å². The number of ether oxygens (including phenoxy) is 2. The molecule has 0 saturated carbocycles. The number of hydrogen-bond donors (Lipinski definition) is 0. The number of hydrogen-bond acceptors (Lipinski definition) is 4. The lowest BCUT2D eigenvalue weighted by Crippen LogP contribution is -2.51. The van der Waals surface area contributed by atoms with Crippen LogP contribution in [0.3, 0.4) is 0 Å². The normalized spacial score (nSPS) is 21.9. The van der Waals surface area contributed by atoms with Gasteiger partial charge in [-0.3, -0.25) is 9.69 Å². The number of carbonyl (C=O) groups excluding carboxylic acids is 1. The summed E-state index contributed by atoms with van der Waals surface area (Å²) in [5.41, 5.74) is 1.32. The molecule has 0 bridgehead atoms. The standard InChI is InChI=1S/C19H28N2O3/c1-23-17-7-2-5-16(15-17)6-3-9-20-10-12-21(13-11-20)19(22)18-8-4-14-24-18/h2,5,7,15,18H,3-4,6,8-14H2,1H3. The molecule has 2 saturated heterocycles. The van der Waals surface area contributed by atoms with Gasteiger partial charge in [-0.1, -0.05) is 12.1 Å². The Morgan fingerprint density at radius 1 is 1.29 bits per heavy atom. The van der Waals surface area contributed by atoms with E-state index in [1.165, 1.54) is 5.56 Å². The first-order valence-electron chi connectivity index (χ1n) is 9.02. The summed E-state index contributed by atoms with van der Waals surface area (Å²) in [6, 6.07) is 8.29. The monoisotopic (exact) mass is 332 g/mol. The molecule has 1 aromatic carbocycles. The van der Waals surface area contributed by atoms with Crippen molar-refractivity contribution in [1.29, 1.82) is 0 Å². The van der Waals surface area contributed by atoms with Crippen LogP contribution in [0.2, 0.25) is 0 Å². The molecule has 0 aromatic heterocycles. The molecule has 2 fully saturated rings. The maximum Gasteiger partial charge on any atom is 0.251 e. The van der Waals surface area contributed by atoms with Crippen molar-refractivity contribution in [2.45, 2.75) is 31.8 Å². The van der Waals surface area contributed by atoms with Gasteiger partial charge in [0.1, 0.15) is 11.9 Å². The first-order chi connectivity index (χ1) is 11.8. The van der Waals surface area contributed by atoms with Crippen LogP contribution in [0.15, 0.2) is 24.3 Å². The largest absolute Gasteiger partial charge is 0.497 e. The number of amides is 1. The van der Waals surface area contributed by atoms with E-state index in [9.17, 15) is 4.79 Å². The lowest BCUT2D eigenvalue weighted by molar-refractivity contribution is -0.142. The minimum absolute atomic E-state index is 0.176. The Kier molecular flexibility index (Phi) is 6.10. The van der Waals surface area contributed by atoms with Crippen LogP contribution in [0.25, 0.3) is 0 Å². The topological polar surface area (TPSA) is 42.0 Å². The second-order valence-corrected chi connectivity index (χ2v) is 6.62. The molecule has 24 heavy (non-hydrogen) atoms. The van der Waals surface area contributed by atoms with Gasteiger partial charge in [0, 0.05) is 32.8 Å². The zero-order valence-corrected chi connectivity index (χ0v) is 14.6. The summed E-state index contributed by atoms with van der Waals surface area (Å²) in [5, 5.41) is 0. The molecule has 0 N–H and O–H groups in total. The molecule has 1 amide bonds. The minimum Gasteiger partial charge on any atom is -0.497 e. The molecule has 1 aromatic rings. The highest BCUT2D eigenvalue weighted by Crippen LogP contribution is 2.17. The number of methoxy groups -OCH3 is 1. The van der Waals surface area contributed by atoms with Crippen molar-refractivity contribution in [1.82, 2.24) is 9.80 Å². The Labute approximate surface area is 144 Å². The third-order valence-electron chi connectivity index (χ3n) is 4.96. The second kappa shape index (κ2) is 8.49. The van der Waals surface area contributed by atoms with Crippen molar-refractivity contribution in [2.24, 2.45) is 0 Å². The summed E-state index contributed by atoms with van der Waals surface area (Å²) in [5.74, 6) is 1.12. The Bertz CT molecular complexity index is 535. The van der Waals surface area contributed by atoms with Crippen LogP contribution in [-0.4, -0.2) is 68.3 Å². The van der Waals surface area contributed by atoms with Gasteiger partial charge in [0.2, 0.25) is 0 Å². The Balaban J connectivity index is 1.37. The maximum absolute atomic E-state index is 12.3. The van der Waals surface area contributed by atoms with E-state index in [-0.39, 0.29) is 12.0 Å². The number of piperazine rings is 1. The van der Waals surface area contributed by atoms with Gasteiger partial charge in [0.15, 0.2) is 0 Å². The van der Waals surface area contributed by atoms with Crippen molar-refractivity contribution in [3.05, 3.63) is 29.8 Å². The van der Waals surface area contributed by atoms with Crippen molar-refractivity contribution >= 4 is 5.91 Å². The average molecular weight is 332 g/mol. The Hall–Kier alpha value is -1.59. The highest BCUT2D eigenvalue weighted by molar-refractivity contribution is 5.81. The zero-order chi connectivity index (χ0) is 16.8. The fourth-order valence-corrected chi connectivity index (χ4v) is 3.50. The van der Waals surface area contributed by atoms with Gasteiger partial charge in [-0.25, -0.2) is 0 Å². The predicted octanol–water partition coefficient (Wildman–Crippen LogP) is 1.95. The molecule has 0 spiro atoms. The van der Waals surface area contributed by atoms with Gasteiger partial charge in [-0.05, 0) is 49.9 Å². The summed E-state index contributed by atoms with van der Waals surface area (Å²) >= 11 is 0. The second-order valence-electron chi connectivity index (χ2n) is 6.62. The summed E-state index contributed by atoms with van der Waals surface area (Å²) in [6.45, 7) is 5.42. The summed E-state index contributed by atoms with van der Waals surface area (Å²) in [7, 11) is 1.70. The molecule has 2 heterocycles. The molecule has 1 atom stereocenters. The molecule has 0 radical (unpaired) electrons. The molecule has 2 aliphatic heterocycles. The van der Waals surface area contributed by atoms with Crippen LogP contribution in [-0.2, 0) is 16.0 Å². The third-order valence-corrected chi connectivity index (χ3v) is 4.96. The molecule has 3 rings (SSSR count). The fraction of sp³-hybridized carbons (Fsp3) is 0.632. The highest BCUT2D eigenvalue weighted by atomic mass is 16.5. The van der Waals surface area contributed by atoms with Crippen LogP contribution < -0.4 is 4.74 Å². The lowest BCUT2D eigenvalue weighted by atomic mass is 10.1. The number of rotatable bonds is 6. The molecule has 5 heteroatoms. The predicted molar refractivity (Wildman–Crippen MR) is 93.3 cm³/mol. The smallest absolute Gasteiger partial charge is 0.251 e. The zero-order valence-electron chi connectivity index (χ0n) is 14.6. The highest BCUT2D eigenvalue weighted by Gasteiger charge is 2.30. The van der Waals surface area contributed by atoms with Crippen LogP contribution in [0, 0.1) is 0 Å². The Morgan fingerprint density at radius 3 is 2.83 bits per heavy atom. The SMILES string of the molecule is COc1cccc(CCCN2CCN(C(=O)C3CCCO3)CC2)c1. The van der Waals surface area contributed by atoms with E-state index in [0.717, 1.165) is 70.8 Å². The molecule has 2 aliphatic rings. The number of nitrogens with zero attached hydrogens (tertiary/aromatic N) is 2. The van der Waals surface area contributed by atoms with E-state index in [1.54, 1.807) is 7.11 Å². The van der Waals surface area contributed by atoms with Crippen molar-refractivity contribution < 1.29 is 14.3 Å². The third kappa shape index (κ3) is 4.48. The van der Waals surface area contributed by atoms with Crippen LogP contribution in [0.4, 0.5) is 0 Å². The van der Waals surface area contributed by atoms with Gasteiger partial charge in [-0.2, -0.15) is 0 Å². The average Bonchev–Trinajstić information content (AvgIpc) is 3.16. The van der Waals surface area contributed by atoms with E-state index >= 15 is 0 Å². The number of benzene rings is 1. The van der Waals surface area contributed by atoms with Gasteiger partial charge < -0.3 is 14.4 Å². The maximum atomic E-state index is 12.3. The van der Waals surface area contributed by atoms with Crippen molar-refractivity contribution in [3.63, 3.8) is 0 Å². The van der Waals surface area contributed by atoms with Crippen LogP contribution >= 0.6 is 0 Å². The van der Waals surface area contributed by atoms with E-state index in [4.69, 9.17) is 9.47 Å². The van der Waals surface area contributed by atoms with E-state index in [0.29, 0.717) is 0 Å². The quantitative estimate of drug-likeness (QED) is 0.798. The fourth-order valence-electron chi connectivity index (χ4n) is 3.50. The number of aryl methyl sites for hydroxylation is 1. The molecule has 0 aliphatic carbocycles. The first-order valence-corrected chi connectivity index (χ1v) is 9.02. The summed E-state index contributed by atoms with van der Waals surface area (Å²) < 4.78 is 10.8. The van der Waals surface area contributed by atoms with E-state index < -0.39 is 0 Å². The molecular formula is C19H28N2O3. The van der Waals surface area contributed by atoms with E-state index in [1.807, 2.05) is 17.0 Å². The molecular weight excluding hydrogens is 304 g/mol. The van der Waals surface area contributed by atoms with Crippen LogP contribution in [0.5, 0.6) is 5.75 Å². The van der Waals surface area contributed by atoms with Crippen molar-refractivity contribution in [3.8, 4) is 5.75 Å². The van der Waals surface area contributed by atoms with Gasteiger partial charge in [-0.15, -0.1) is 0 Å². The Morgan fingerprint density at radius 2 is 2.12 bits per heavy atom. The molecule has 1 unspecified atom stereocenters. The minimum atomic E-state index is -0.176. The van der Waals surface area contributed by atoms with Crippen LogP contribution in [0.1, 0.15) is 24.8 Å². The summed E-state index contributed by atoms with van der Waals surface area (Å²) in [6.07, 6.45) is 3.92. The number of carbonyl (C=O) groups is 1. The van der Waals surface area contributed by atoms with Gasteiger partial charge in [0.25, 0.3) is 5.91 Å².